The van der Waals surface area contributed by atoms with E-state index in [1.165, 1.54) is 6.42 Å². The smallest absolute Gasteiger partial charge is 0.338 e. The van der Waals surface area contributed by atoms with Crippen LogP contribution in [0.5, 0.6) is 0 Å². The first-order valence-electron chi connectivity index (χ1n) is 16.7. The highest BCUT2D eigenvalue weighted by molar-refractivity contribution is 6.04. The zero-order chi connectivity index (χ0) is 33.2. The summed E-state index contributed by atoms with van der Waals surface area (Å²) in [6.45, 7) is 4.30. The van der Waals surface area contributed by atoms with Crippen LogP contribution < -0.4 is 21.3 Å². The van der Waals surface area contributed by atoms with Gasteiger partial charge in [-0.05, 0) is 37.8 Å². The normalized spacial score (nSPS) is 20.7. The summed E-state index contributed by atoms with van der Waals surface area (Å²) in [6, 6.07) is 16.4. The highest BCUT2D eigenvalue weighted by atomic mass is 16.5. The molecule has 2 aliphatic heterocycles. The molecule has 0 saturated heterocycles. The second-order valence-electron chi connectivity index (χ2n) is 12.0. The van der Waals surface area contributed by atoms with Gasteiger partial charge in [-0.2, -0.15) is 0 Å². The highest BCUT2D eigenvalue weighted by Gasteiger charge is 2.38. The Balaban J connectivity index is 1.59. The molecule has 2 unspecified atom stereocenters. The van der Waals surface area contributed by atoms with Crippen LogP contribution in [0.15, 0.2) is 77.5 Å². The van der Waals surface area contributed by atoms with Gasteiger partial charge in [-0.15, -0.1) is 0 Å². The number of hydrogen-bond donors (Lipinski definition) is 4. The summed E-state index contributed by atoms with van der Waals surface area (Å²) in [5.41, 5.74) is 2.94. The lowest BCUT2D eigenvalue weighted by atomic mass is 9.92. The molecule has 0 radical (unpaired) electrons. The first-order valence-corrected chi connectivity index (χ1v) is 16.7. The van der Waals surface area contributed by atoms with E-state index in [2.05, 4.69) is 26.2 Å². The number of amides is 4. The molecule has 0 spiro atoms. The zero-order valence-electron chi connectivity index (χ0n) is 27.2. The van der Waals surface area contributed by atoms with E-state index < -0.39 is 36.1 Å². The van der Waals surface area contributed by atoms with Crippen LogP contribution in [0.3, 0.4) is 0 Å². The molecule has 1 saturated carbocycles. The molecule has 11 nitrogen and oxygen atoms in total. The van der Waals surface area contributed by atoms with E-state index in [1.54, 1.807) is 13.8 Å². The van der Waals surface area contributed by atoms with Gasteiger partial charge in [0.25, 0.3) is 0 Å². The monoisotopic (exact) mass is 643 g/mol. The Labute approximate surface area is 276 Å². The van der Waals surface area contributed by atoms with Crippen LogP contribution in [0.2, 0.25) is 0 Å². The molecule has 47 heavy (non-hydrogen) atoms. The molecule has 5 rings (SSSR count). The second-order valence-corrected chi connectivity index (χ2v) is 12.0. The molecular formula is C36H45N5O6. The van der Waals surface area contributed by atoms with Crippen LogP contribution in [0, 0.1) is 0 Å². The van der Waals surface area contributed by atoms with E-state index in [-0.39, 0.29) is 32.3 Å². The average molecular weight is 644 g/mol. The molecule has 2 aromatic carbocycles. The van der Waals surface area contributed by atoms with E-state index in [9.17, 15) is 19.2 Å². The van der Waals surface area contributed by atoms with E-state index in [1.807, 2.05) is 60.7 Å². The highest BCUT2D eigenvalue weighted by Crippen LogP contribution is 2.31. The molecule has 4 N–H and O–H groups in total. The number of ether oxygens (including phenoxy) is 2. The molecule has 4 amide bonds. The van der Waals surface area contributed by atoms with Crippen molar-refractivity contribution in [1.29, 1.82) is 0 Å². The fraction of sp³-hybridized carbons (Fsp3) is 0.444. The van der Waals surface area contributed by atoms with Crippen LogP contribution in [0.4, 0.5) is 9.59 Å². The van der Waals surface area contributed by atoms with E-state index in [4.69, 9.17) is 9.47 Å². The molecule has 11 heteroatoms. The van der Waals surface area contributed by atoms with Crippen LogP contribution in [-0.2, 0) is 19.1 Å². The third kappa shape index (κ3) is 8.40. The minimum Gasteiger partial charge on any atom is -0.463 e. The SMILES string of the molecule is CCOC(=O)C1=C(c2ccccc2)NC(=O)NC1CN(CC1=C(C(=O)OCC)C(c2ccccc2)NC(=O)N1)C1CCCCCCC1. The first kappa shape index (κ1) is 33.7. The van der Waals surface area contributed by atoms with Crippen molar-refractivity contribution in [2.24, 2.45) is 0 Å². The fourth-order valence-corrected chi connectivity index (χ4v) is 6.71. The number of nitrogens with one attached hydrogen (secondary N) is 4. The molecule has 0 aromatic heterocycles. The number of esters is 2. The molecule has 250 valence electrons. The maximum Gasteiger partial charge on any atom is 0.338 e. The molecule has 1 aliphatic carbocycles. The third-order valence-corrected chi connectivity index (χ3v) is 8.87. The Kier molecular flexibility index (Phi) is 11.7. The number of hydrogen-bond acceptors (Lipinski definition) is 7. The summed E-state index contributed by atoms with van der Waals surface area (Å²) < 4.78 is 11.0. The van der Waals surface area contributed by atoms with Gasteiger partial charge >= 0.3 is 24.0 Å². The number of nitrogens with zero attached hydrogens (tertiary/aromatic N) is 1. The van der Waals surface area contributed by atoms with Crippen molar-refractivity contribution in [3.8, 4) is 0 Å². The summed E-state index contributed by atoms with van der Waals surface area (Å²) >= 11 is 0. The average Bonchev–Trinajstić information content (AvgIpc) is 3.05. The zero-order valence-corrected chi connectivity index (χ0v) is 27.2. The van der Waals surface area contributed by atoms with Gasteiger partial charge in [0.15, 0.2) is 0 Å². The van der Waals surface area contributed by atoms with Crippen molar-refractivity contribution >= 4 is 29.7 Å². The second kappa shape index (κ2) is 16.3. The summed E-state index contributed by atoms with van der Waals surface area (Å²) in [5.74, 6) is -1.04. The Morgan fingerprint density at radius 2 is 1.32 bits per heavy atom. The topological polar surface area (TPSA) is 138 Å². The lowest BCUT2D eigenvalue weighted by Crippen LogP contribution is -2.56. The van der Waals surface area contributed by atoms with Gasteiger partial charge in [0.1, 0.15) is 0 Å². The van der Waals surface area contributed by atoms with Gasteiger partial charge in [0, 0.05) is 24.8 Å². The molecule has 2 heterocycles. The Morgan fingerprint density at radius 1 is 0.745 bits per heavy atom. The molecule has 2 aromatic rings. The van der Waals surface area contributed by atoms with E-state index >= 15 is 0 Å². The summed E-state index contributed by atoms with van der Waals surface area (Å²) in [4.78, 5) is 55.6. The van der Waals surface area contributed by atoms with Crippen molar-refractivity contribution in [3.05, 3.63) is 88.6 Å². The van der Waals surface area contributed by atoms with Crippen LogP contribution >= 0.6 is 0 Å². The van der Waals surface area contributed by atoms with Crippen molar-refractivity contribution < 1.29 is 28.7 Å². The maximum atomic E-state index is 13.6. The summed E-state index contributed by atoms with van der Waals surface area (Å²) in [7, 11) is 0. The molecule has 3 aliphatic rings. The Bertz CT molecular complexity index is 1480. The molecule has 1 fully saturated rings. The van der Waals surface area contributed by atoms with Gasteiger partial charge in [-0.3, -0.25) is 4.90 Å². The Morgan fingerprint density at radius 3 is 1.96 bits per heavy atom. The van der Waals surface area contributed by atoms with Crippen molar-refractivity contribution in [2.75, 3.05) is 26.3 Å². The Hall–Kier alpha value is -4.64. The minimum absolute atomic E-state index is 0.0728. The van der Waals surface area contributed by atoms with Crippen LogP contribution in [0.1, 0.15) is 76.0 Å². The van der Waals surface area contributed by atoms with E-state index in [0.717, 1.165) is 44.1 Å². The van der Waals surface area contributed by atoms with Gasteiger partial charge in [0.2, 0.25) is 0 Å². The molecule has 2 atom stereocenters. The van der Waals surface area contributed by atoms with Crippen molar-refractivity contribution in [2.45, 2.75) is 76.9 Å². The van der Waals surface area contributed by atoms with Crippen LogP contribution in [0.25, 0.3) is 5.70 Å². The largest absolute Gasteiger partial charge is 0.463 e. The van der Waals surface area contributed by atoms with Gasteiger partial charge in [-0.1, -0.05) is 92.8 Å². The summed E-state index contributed by atoms with van der Waals surface area (Å²) in [5, 5.41) is 11.7. The van der Waals surface area contributed by atoms with Crippen molar-refractivity contribution in [3.63, 3.8) is 0 Å². The number of carbonyl (C=O) groups excluding carboxylic acids is 4. The summed E-state index contributed by atoms with van der Waals surface area (Å²) in [6.07, 6.45) is 7.28. The predicted molar refractivity (Wildman–Crippen MR) is 178 cm³/mol. The third-order valence-electron chi connectivity index (χ3n) is 8.87. The lowest BCUT2D eigenvalue weighted by molar-refractivity contribution is -0.139. The number of benzene rings is 2. The quantitative estimate of drug-likeness (QED) is 0.255. The minimum atomic E-state index is -0.725. The predicted octanol–water partition coefficient (Wildman–Crippen LogP) is 4.93. The fourth-order valence-electron chi connectivity index (χ4n) is 6.71. The number of carbonyl (C=O) groups is 4. The number of rotatable bonds is 11. The first-order chi connectivity index (χ1) is 22.9. The van der Waals surface area contributed by atoms with Crippen molar-refractivity contribution in [1.82, 2.24) is 26.2 Å². The van der Waals surface area contributed by atoms with Gasteiger partial charge in [0.05, 0.1) is 42.1 Å². The number of urea groups is 2. The standard InChI is InChI=1S/C36H45N5O6/c1-3-46-33(42)29-27(37-35(44)39-31(29)24-16-10-8-11-17-24)22-41(26-20-14-6-5-7-15-21-26)23-28-30(34(43)47-4-2)32(40-36(45)38-28)25-18-12-9-13-19-25/h8-13,16-19,26-27,32H,3-7,14-15,20-23H2,1-2H3,(H2,37,39,44)(H2,38,40,45). The van der Waals surface area contributed by atoms with Crippen LogP contribution in [-0.4, -0.2) is 67.3 Å². The van der Waals surface area contributed by atoms with Gasteiger partial charge in [-0.25, -0.2) is 19.2 Å². The van der Waals surface area contributed by atoms with E-state index in [0.29, 0.717) is 28.1 Å². The molecular weight excluding hydrogens is 598 g/mol. The van der Waals surface area contributed by atoms with Gasteiger partial charge < -0.3 is 30.7 Å². The lowest BCUT2D eigenvalue weighted by Gasteiger charge is -2.39. The maximum absolute atomic E-state index is 13.6. The molecule has 0 bridgehead atoms.